The molecule has 0 saturated carbocycles. The maximum atomic E-state index is 12.1. The number of thiophene rings is 1. The SMILES string of the molecule is CCCCC(C)NC(=O)c1sccc1C#CCCO. The lowest BCUT2D eigenvalue weighted by Crippen LogP contribution is -2.32. The van der Waals surface area contributed by atoms with Gasteiger partial charge in [0.15, 0.2) is 0 Å². The molecule has 0 spiro atoms. The summed E-state index contributed by atoms with van der Waals surface area (Å²) in [7, 11) is 0. The highest BCUT2D eigenvalue weighted by Gasteiger charge is 2.14. The van der Waals surface area contributed by atoms with Crippen LogP contribution in [0.25, 0.3) is 0 Å². The molecule has 1 rings (SSSR count). The highest BCUT2D eigenvalue weighted by atomic mass is 32.1. The molecule has 3 nitrogen and oxygen atoms in total. The van der Waals surface area contributed by atoms with Crippen LogP contribution in [0.5, 0.6) is 0 Å². The predicted molar refractivity (Wildman–Crippen MR) is 79.4 cm³/mol. The first-order valence-electron chi connectivity index (χ1n) is 6.67. The first kappa shape index (κ1) is 15.7. The summed E-state index contributed by atoms with van der Waals surface area (Å²) in [6.07, 6.45) is 3.69. The van der Waals surface area contributed by atoms with Crippen molar-refractivity contribution >= 4 is 17.2 Å². The molecule has 1 aromatic rings. The van der Waals surface area contributed by atoms with Crippen molar-refractivity contribution in [1.29, 1.82) is 0 Å². The average Bonchev–Trinajstić information content (AvgIpc) is 2.85. The summed E-state index contributed by atoms with van der Waals surface area (Å²) in [4.78, 5) is 12.8. The van der Waals surface area contributed by atoms with E-state index in [1.54, 1.807) is 0 Å². The maximum Gasteiger partial charge on any atom is 0.262 e. The second kappa shape index (κ2) is 8.73. The van der Waals surface area contributed by atoms with Crippen LogP contribution in [0.3, 0.4) is 0 Å². The molecule has 1 aromatic heterocycles. The molecule has 1 atom stereocenters. The second-order valence-electron chi connectivity index (χ2n) is 4.46. The summed E-state index contributed by atoms with van der Waals surface area (Å²) < 4.78 is 0. The third kappa shape index (κ3) is 5.46. The van der Waals surface area contributed by atoms with Crippen molar-refractivity contribution in [3.05, 3.63) is 21.9 Å². The van der Waals surface area contributed by atoms with E-state index < -0.39 is 0 Å². The number of rotatable bonds is 6. The van der Waals surface area contributed by atoms with Crippen LogP contribution < -0.4 is 5.32 Å². The normalized spacial score (nSPS) is 11.5. The summed E-state index contributed by atoms with van der Waals surface area (Å²) in [5, 5.41) is 13.6. The molecule has 0 aliphatic heterocycles. The standard InChI is InChI=1S/C15H21NO2S/c1-3-4-7-12(2)16-15(18)14-13(9-11-19-14)8-5-6-10-17/h9,11-12,17H,3-4,6-7,10H2,1-2H3,(H,16,18). The van der Waals surface area contributed by atoms with Crippen LogP contribution in [0.2, 0.25) is 0 Å². The Kier molecular flexibility index (Phi) is 7.24. The Morgan fingerprint density at radius 3 is 3.05 bits per heavy atom. The van der Waals surface area contributed by atoms with Crippen LogP contribution in [0.4, 0.5) is 0 Å². The lowest BCUT2D eigenvalue weighted by atomic mass is 10.1. The van der Waals surface area contributed by atoms with E-state index in [4.69, 9.17) is 5.11 Å². The Morgan fingerprint density at radius 2 is 2.37 bits per heavy atom. The first-order chi connectivity index (χ1) is 9.19. The minimum atomic E-state index is -0.0492. The van der Waals surface area contributed by atoms with E-state index in [9.17, 15) is 4.79 Å². The maximum absolute atomic E-state index is 12.1. The van der Waals surface area contributed by atoms with Gasteiger partial charge in [0.2, 0.25) is 0 Å². The molecular formula is C15H21NO2S. The van der Waals surface area contributed by atoms with E-state index in [1.807, 2.05) is 18.4 Å². The number of nitrogens with one attached hydrogen (secondary N) is 1. The van der Waals surface area contributed by atoms with Gasteiger partial charge in [0.1, 0.15) is 4.88 Å². The number of hydrogen-bond donors (Lipinski definition) is 2. The number of aliphatic hydroxyl groups is 1. The zero-order valence-electron chi connectivity index (χ0n) is 11.5. The van der Waals surface area contributed by atoms with Crippen LogP contribution in [-0.4, -0.2) is 23.7 Å². The van der Waals surface area contributed by atoms with Gasteiger partial charge in [0.05, 0.1) is 6.61 Å². The molecule has 0 aliphatic rings. The number of unbranched alkanes of at least 4 members (excludes halogenated alkanes) is 1. The quantitative estimate of drug-likeness (QED) is 0.787. The number of amides is 1. The van der Waals surface area contributed by atoms with Crippen molar-refractivity contribution in [3.63, 3.8) is 0 Å². The molecule has 0 aromatic carbocycles. The average molecular weight is 279 g/mol. The van der Waals surface area contributed by atoms with Gasteiger partial charge in [0, 0.05) is 18.0 Å². The highest BCUT2D eigenvalue weighted by Crippen LogP contribution is 2.16. The Morgan fingerprint density at radius 1 is 1.58 bits per heavy atom. The van der Waals surface area contributed by atoms with Gasteiger partial charge in [-0.05, 0) is 24.8 Å². The van der Waals surface area contributed by atoms with E-state index in [0.29, 0.717) is 11.3 Å². The van der Waals surface area contributed by atoms with Crippen molar-refractivity contribution in [3.8, 4) is 11.8 Å². The van der Waals surface area contributed by atoms with Gasteiger partial charge < -0.3 is 10.4 Å². The predicted octanol–water partition coefficient (Wildman–Crippen LogP) is 2.79. The van der Waals surface area contributed by atoms with E-state index >= 15 is 0 Å². The molecule has 0 fully saturated rings. The fourth-order valence-electron chi connectivity index (χ4n) is 1.67. The lowest BCUT2D eigenvalue weighted by molar-refractivity contribution is 0.0942. The molecule has 1 unspecified atom stereocenters. The zero-order chi connectivity index (χ0) is 14.1. The first-order valence-corrected chi connectivity index (χ1v) is 7.55. The smallest absolute Gasteiger partial charge is 0.262 e. The highest BCUT2D eigenvalue weighted by molar-refractivity contribution is 7.12. The van der Waals surface area contributed by atoms with Gasteiger partial charge in [-0.1, -0.05) is 31.6 Å². The second-order valence-corrected chi connectivity index (χ2v) is 5.37. The topological polar surface area (TPSA) is 49.3 Å². The molecule has 104 valence electrons. The minimum absolute atomic E-state index is 0.0483. The van der Waals surface area contributed by atoms with Gasteiger partial charge >= 0.3 is 0 Å². The molecule has 0 bridgehead atoms. The molecule has 4 heteroatoms. The molecule has 0 saturated heterocycles. The third-order valence-electron chi connectivity index (χ3n) is 2.70. The van der Waals surface area contributed by atoms with E-state index in [2.05, 4.69) is 24.1 Å². The molecule has 2 N–H and O–H groups in total. The van der Waals surface area contributed by atoms with Crippen molar-refractivity contribution < 1.29 is 9.90 Å². The zero-order valence-corrected chi connectivity index (χ0v) is 12.3. The van der Waals surface area contributed by atoms with Crippen molar-refractivity contribution in [2.75, 3.05) is 6.61 Å². The van der Waals surface area contributed by atoms with Crippen molar-refractivity contribution in [2.24, 2.45) is 0 Å². The van der Waals surface area contributed by atoms with Gasteiger partial charge in [-0.3, -0.25) is 4.79 Å². The Bertz CT molecular complexity index is 456. The molecule has 1 amide bonds. The molecule has 1 heterocycles. The summed E-state index contributed by atoms with van der Waals surface area (Å²) in [5.41, 5.74) is 0.749. The van der Waals surface area contributed by atoms with Crippen molar-refractivity contribution in [1.82, 2.24) is 5.32 Å². The summed E-state index contributed by atoms with van der Waals surface area (Å²) in [6, 6.07) is 2.04. The number of aliphatic hydroxyl groups excluding tert-OH is 1. The number of hydrogen-bond acceptors (Lipinski definition) is 3. The summed E-state index contributed by atoms with van der Waals surface area (Å²) >= 11 is 1.40. The molecule has 19 heavy (non-hydrogen) atoms. The van der Waals surface area contributed by atoms with Gasteiger partial charge in [0.25, 0.3) is 5.91 Å². The summed E-state index contributed by atoms with van der Waals surface area (Å²) in [6.45, 7) is 4.22. The number of carbonyl (C=O) groups is 1. The lowest BCUT2D eigenvalue weighted by Gasteiger charge is -2.12. The van der Waals surface area contributed by atoms with Gasteiger partial charge in [-0.15, -0.1) is 11.3 Å². The van der Waals surface area contributed by atoms with Crippen LogP contribution >= 0.6 is 11.3 Å². The molecule has 0 radical (unpaired) electrons. The van der Waals surface area contributed by atoms with E-state index in [0.717, 1.165) is 24.8 Å². The fourth-order valence-corrected chi connectivity index (χ4v) is 2.42. The van der Waals surface area contributed by atoms with Gasteiger partial charge in [-0.2, -0.15) is 0 Å². The number of carbonyl (C=O) groups excluding carboxylic acids is 1. The van der Waals surface area contributed by atoms with Crippen LogP contribution in [0, 0.1) is 11.8 Å². The largest absolute Gasteiger partial charge is 0.395 e. The van der Waals surface area contributed by atoms with Crippen LogP contribution in [-0.2, 0) is 0 Å². The fraction of sp³-hybridized carbons (Fsp3) is 0.533. The monoisotopic (exact) mass is 279 g/mol. The molecular weight excluding hydrogens is 258 g/mol. The minimum Gasteiger partial charge on any atom is -0.395 e. The summed E-state index contributed by atoms with van der Waals surface area (Å²) in [5.74, 6) is 5.73. The Labute approximate surface area is 119 Å². The van der Waals surface area contributed by atoms with Crippen LogP contribution in [0.15, 0.2) is 11.4 Å². The van der Waals surface area contributed by atoms with Gasteiger partial charge in [-0.25, -0.2) is 0 Å². The molecule has 0 aliphatic carbocycles. The van der Waals surface area contributed by atoms with E-state index in [1.165, 1.54) is 11.3 Å². The van der Waals surface area contributed by atoms with Crippen LogP contribution in [0.1, 0.15) is 54.8 Å². The third-order valence-corrected chi connectivity index (χ3v) is 3.61. The van der Waals surface area contributed by atoms with E-state index in [-0.39, 0.29) is 18.6 Å². The Hall–Kier alpha value is -1.31. The Balaban J connectivity index is 2.63. The van der Waals surface area contributed by atoms with Crippen molar-refractivity contribution in [2.45, 2.75) is 45.6 Å².